The van der Waals surface area contributed by atoms with Crippen molar-refractivity contribution in [3.05, 3.63) is 11.8 Å². The van der Waals surface area contributed by atoms with E-state index in [0.717, 1.165) is 18.5 Å². The number of rotatable bonds is 5. The minimum atomic E-state index is -0.485. The van der Waals surface area contributed by atoms with Crippen molar-refractivity contribution in [2.75, 3.05) is 5.32 Å². The molecule has 1 aromatic heterocycles. The molecule has 3 N–H and O–H groups in total. The van der Waals surface area contributed by atoms with Crippen LogP contribution in [0.5, 0.6) is 0 Å². The van der Waals surface area contributed by atoms with Crippen molar-refractivity contribution >= 4 is 24.1 Å². The number of anilines is 1. The van der Waals surface area contributed by atoms with Crippen LogP contribution in [0.25, 0.3) is 0 Å². The average Bonchev–Trinajstić information content (AvgIpc) is 2.64. The molecule has 0 aromatic carbocycles. The summed E-state index contributed by atoms with van der Waals surface area (Å²) in [5, 5.41) is 7.30. The molecule has 0 saturated heterocycles. The predicted octanol–water partition coefficient (Wildman–Crippen LogP) is 2.74. The van der Waals surface area contributed by atoms with Gasteiger partial charge in [-0.3, -0.25) is 9.48 Å². The van der Waals surface area contributed by atoms with Crippen molar-refractivity contribution in [2.24, 2.45) is 24.1 Å². The molecule has 5 nitrogen and oxygen atoms in total. The Kier molecular flexibility index (Phi) is 7.40. The summed E-state index contributed by atoms with van der Waals surface area (Å²) in [6.45, 7) is 10.5. The van der Waals surface area contributed by atoms with E-state index in [0.29, 0.717) is 5.82 Å². The number of nitrogens with two attached hydrogens (primary N) is 1. The summed E-state index contributed by atoms with van der Waals surface area (Å²) in [6.07, 6.45) is 1.75. The van der Waals surface area contributed by atoms with Gasteiger partial charge in [0.05, 0.1) is 11.7 Å². The zero-order valence-corrected chi connectivity index (χ0v) is 14.8. The Balaban J connectivity index is 0.00000400. The third kappa shape index (κ3) is 6.06. The lowest BCUT2D eigenvalue weighted by molar-refractivity contribution is -0.118. The van der Waals surface area contributed by atoms with E-state index in [4.69, 9.17) is 5.73 Å². The number of amides is 1. The third-order valence-electron chi connectivity index (χ3n) is 3.45. The number of carbonyl (C=O) groups is 1. The van der Waals surface area contributed by atoms with E-state index in [1.165, 1.54) is 0 Å². The number of aryl methyl sites for hydroxylation is 1. The van der Waals surface area contributed by atoms with Gasteiger partial charge in [0.2, 0.25) is 5.91 Å². The van der Waals surface area contributed by atoms with Crippen LogP contribution in [0.15, 0.2) is 6.07 Å². The normalized spacial score (nSPS) is 14.2. The maximum absolute atomic E-state index is 12.1. The number of nitrogens with one attached hydrogen (secondary N) is 1. The van der Waals surface area contributed by atoms with Gasteiger partial charge in [-0.2, -0.15) is 5.10 Å². The van der Waals surface area contributed by atoms with Crippen molar-refractivity contribution in [2.45, 2.75) is 53.5 Å². The van der Waals surface area contributed by atoms with Crippen molar-refractivity contribution in [3.8, 4) is 0 Å². The monoisotopic (exact) mass is 316 g/mol. The highest BCUT2D eigenvalue weighted by molar-refractivity contribution is 5.94. The molecular formula is C15H29ClN4O. The Morgan fingerprint density at radius 2 is 2.05 bits per heavy atom. The maximum atomic E-state index is 12.1. The number of nitrogens with zero attached hydrogens (tertiary/aromatic N) is 2. The number of carbonyl (C=O) groups excluding carboxylic acids is 1. The van der Waals surface area contributed by atoms with Crippen LogP contribution in [-0.4, -0.2) is 21.7 Å². The first kappa shape index (κ1) is 19.9. The first-order valence-electron chi connectivity index (χ1n) is 7.23. The Bertz CT molecular complexity index is 465. The highest BCUT2D eigenvalue weighted by Gasteiger charge is 2.21. The minimum absolute atomic E-state index is 0. The molecule has 2 unspecified atom stereocenters. The molecule has 122 valence electrons. The number of aromatic nitrogens is 2. The summed E-state index contributed by atoms with van der Waals surface area (Å²) in [7, 11) is 1.83. The Morgan fingerprint density at radius 1 is 1.48 bits per heavy atom. The largest absolute Gasteiger partial charge is 0.320 e. The summed E-state index contributed by atoms with van der Waals surface area (Å²) in [4.78, 5) is 12.1. The second-order valence-electron chi connectivity index (χ2n) is 6.78. The molecular weight excluding hydrogens is 288 g/mol. The molecule has 0 aliphatic rings. The summed E-state index contributed by atoms with van der Waals surface area (Å²) in [6, 6.07) is 1.44. The van der Waals surface area contributed by atoms with Crippen molar-refractivity contribution in [1.82, 2.24) is 9.78 Å². The van der Waals surface area contributed by atoms with Gasteiger partial charge < -0.3 is 11.1 Å². The van der Waals surface area contributed by atoms with Gasteiger partial charge in [-0.25, -0.2) is 0 Å². The first-order valence-corrected chi connectivity index (χ1v) is 7.23. The summed E-state index contributed by atoms with van der Waals surface area (Å²) >= 11 is 0. The van der Waals surface area contributed by atoms with Crippen molar-refractivity contribution < 1.29 is 4.79 Å². The average molecular weight is 317 g/mol. The molecule has 2 atom stereocenters. The van der Waals surface area contributed by atoms with Gasteiger partial charge in [0.15, 0.2) is 0 Å². The molecule has 21 heavy (non-hydrogen) atoms. The predicted molar refractivity (Wildman–Crippen MR) is 89.7 cm³/mol. The number of hydrogen-bond acceptors (Lipinski definition) is 3. The minimum Gasteiger partial charge on any atom is -0.320 e. The summed E-state index contributed by atoms with van der Waals surface area (Å²) in [5.41, 5.74) is 7.08. The van der Waals surface area contributed by atoms with Crippen LogP contribution < -0.4 is 11.1 Å². The second-order valence-corrected chi connectivity index (χ2v) is 6.78. The molecule has 1 amide bonds. The van der Waals surface area contributed by atoms with Crippen LogP contribution in [0, 0.1) is 11.3 Å². The van der Waals surface area contributed by atoms with Crippen LogP contribution >= 0.6 is 12.4 Å². The smallest absolute Gasteiger partial charge is 0.242 e. The topological polar surface area (TPSA) is 72.9 Å². The molecule has 0 saturated carbocycles. The summed E-state index contributed by atoms with van der Waals surface area (Å²) in [5.74, 6) is 0.718. The molecule has 1 heterocycles. The quantitative estimate of drug-likeness (QED) is 0.877. The highest BCUT2D eigenvalue weighted by atomic mass is 35.5. The molecule has 0 aliphatic heterocycles. The third-order valence-corrected chi connectivity index (χ3v) is 3.45. The van der Waals surface area contributed by atoms with Gasteiger partial charge in [0, 0.05) is 13.1 Å². The van der Waals surface area contributed by atoms with E-state index in [2.05, 4.69) is 31.2 Å². The molecule has 0 bridgehead atoms. The van der Waals surface area contributed by atoms with E-state index in [-0.39, 0.29) is 29.6 Å². The Hall–Kier alpha value is -1.07. The lowest BCUT2D eigenvalue weighted by Crippen LogP contribution is -2.40. The molecule has 1 aromatic rings. The molecule has 0 spiro atoms. The van der Waals surface area contributed by atoms with E-state index >= 15 is 0 Å². The number of hydrogen-bond donors (Lipinski definition) is 2. The van der Waals surface area contributed by atoms with Gasteiger partial charge in [-0.1, -0.05) is 41.0 Å². The lowest BCUT2D eigenvalue weighted by atomic mass is 9.91. The van der Waals surface area contributed by atoms with Gasteiger partial charge >= 0.3 is 0 Å². The van der Waals surface area contributed by atoms with Crippen LogP contribution in [0.3, 0.4) is 0 Å². The van der Waals surface area contributed by atoms with E-state index in [9.17, 15) is 4.79 Å². The van der Waals surface area contributed by atoms with E-state index in [1.54, 1.807) is 4.68 Å². The fourth-order valence-corrected chi connectivity index (χ4v) is 2.00. The van der Waals surface area contributed by atoms with Gasteiger partial charge in [0.25, 0.3) is 0 Å². The van der Waals surface area contributed by atoms with Crippen LogP contribution in [0.2, 0.25) is 0 Å². The lowest BCUT2D eigenvalue weighted by Gasteiger charge is -2.17. The fraction of sp³-hybridized carbons (Fsp3) is 0.733. The zero-order chi connectivity index (χ0) is 15.5. The molecule has 6 heteroatoms. The fourth-order valence-electron chi connectivity index (χ4n) is 2.00. The van der Waals surface area contributed by atoms with Crippen molar-refractivity contribution in [1.29, 1.82) is 0 Å². The van der Waals surface area contributed by atoms with E-state index < -0.39 is 6.04 Å². The Labute approximate surface area is 134 Å². The highest BCUT2D eigenvalue weighted by Crippen LogP contribution is 2.21. The summed E-state index contributed by atoms with van der Waals surface area (Å²) < 4.78 is 1.70. The van der Waals surface area contributed by atoms with Crippen LogP contribution in [-0.2, 0) is 18.3 Å². The first-order chi connectivity index (χ1) is 9.14. The zero-order valence-electron chi connectivity index (χ0n) is 13.9. The molecule has 1 rings (SSSR count). The van der Waals surface area contributed by atoms with Gasteiger partial charge in [0.1, 0.15) is 5.82 Å². The SMILES string of the molecule is CCC(C)C(N)C(=O)Nc1cc(CC(C)(C)C)nn1C.Cl. The Morgan fingerprint density at radius 3 is 2.52 bits per heavy atom. The van der Waals surface area contributed by atoms with Crippen LogP contribution in [0.1, 0.15) is 46.7 Å². The maximum Gasteiger partial charge on any atom is 0.242 e. The molecule has 0 aliphatic carbocycles. The van der Waals surface area contributed by atoms with Crippen molar-refractivity contribution in [3.63, 3.8) is 0 Å². The van der Waals surface area contributed by atoms with Gasteiger partial charge in [-0.05, 0) is 17.8 Å². The molecule has 0 radical (unpaired) electrons. The second kappa shape index (κ2) is 7.80. The van der Waals surface area contributed by atoms with E-state index in [1.807, 2.05) is 27.0 Å². The molecule has 0 fully saturated rings. The van der Waals surface area contributed by atoms with Crippen LogP contribution in [0.4, 0.5) is 5.82 Å². The number of halogens is 1. The van der Waals surface area contributed by atoms with Gasteiger partial charge in [-0.15, -0.1) is 12.4 Å². The standard InChI is InChI=1S/C15H28N4O.ClH/c1-7-10(2)13(16)14(20)17-12-8-11(18-19(12)6)9-15(3,4)5;/h8,10,13H,7,9,16H2,1-6H3,(H,17,20);1H.